The van der Waals surface area contributed by atoms with Crippen LogP contribution in [-0.2, 0) is 11.3 Å². The second-order valence-corrected chi connectivity index (χ2v) is 8.29. The number of carbonyl (C=O) groups is 1. The quantitative estimate of drug-likeness (QED) is 0.443. The van der Waals surface area contributed by atoms with Crippen LogP contribution in [0.4, 0.5) is 5.82 Å². The summed E-state index contributed by atoms with van der Waals surface area (Å²) in [5, 5.41) is 12.1. The molecule has 4 rings (SSSR count). The minimum absolute atomic E-state index is 0.125. The van der Waals surface area contributed by atoms with E-state index < -0.39 is 0 Å². The summed E-state index contributed by atoms with van der Waals surface area (Å²) in [6, 6.07) is 7.11. The second kappa shape index (κ2) is 8.42. The third-order valence-electron chi connectivity index (χ3n) is 4.45. The molecule has 0 unspecified atom stereocenters. The van der Waals surface area contributed by atoms with Gasteiger partial charge in [-0.15, -0.1) is 0 Å². The number of nitrogens with one attached hydrogen (secondary N) is 1. The van der Waals surface area contributed by atoms with Gasteiger partial charge in [-0.1, -0.05) is 30.0 Å². The van der Waals surface area contributed by atoms with E-state index in [2.05, 4.69) is 10.3 Å². The van der Waals surface area contributed by atoms with Crippen LogP contribution in [0.25, 0.3) is 11.7 Å². The van der Waals surface area contributed by atoms with Crippen molar-refractivity contribution in [3.8, 4) is 0 Å². The van der Waals surface area contributed by atoms with Crippen LogP contribution in [0.3, 0.4) is 0 Å². The Labute approximate surface area is 181 Å². The zero-order chi connectivity index (χ0) is 21.3. The Kier molecular flexibility index (Phi) is 5.71. The highest BCUT2D eigenvalue weighted by Gasteiger charge is 2.33. The standard InChI is InChI=1S/C20H18N4O4S2/c1-12-4-5-16-22-17(21-6-7-25)14(18(26)23(16)10-12)9-15-19(27)24(20(29)30-15)11-13-3-2-8-28-13/h2-5,8-10,21,25H,6-7,11H2,1H3. The van der Waals surface area contributed by atoms with Gasteiger partial charge in [-0.05, 0) is 36.8 Å². The molecular weight excluding hydrogens is 424 g/mol. The van der Waals surface area contributed by atoms with Crippen LogP contribution >= 0.6 is 24.0 Å². The fraction of sp³-hybridized carbons (Fsp3) is 0.200. The Morgan fingerprint density at radius 1 is 1.33 bits per heavy atom. The molecule has 0 aromatic carbocycles. The van der Waals surface area contributed by atoms with Crippen LogP contribution in [0, 0.1) is 6.92 Å². The summed E-state index contributed by atoms with van der Waals surface area (Å²) in [6.45, 7) is 2.19. The highest BCUT2D eigenvalue weighted by molar-refractivity contribution is 8.26. The smallest absolute Gasteiger partial charge is 0.267 e. The van der Waals surface area contributed by atoms with Crippen molar-refractivity contribution in [1.29, 1.82) is 0 Å². The third-order valence-corrected chi connectivity index (χ3v) is 5.83. The van der Waals surface area contributed by atoms with Crippen LogP contribution in [0.15, 0.2) is 50.8 Å². The van der Waals surface area contributed by atoms with E-state index in [0.29, 0.717) is 26.5 Å². The van der Waals surface area contributed by atoms with Crippen LogP contribution in [0.2, 0.25) is 0 Å². The molecule has 0 atom stereocenters. The van der Waals surface area contributed by atoms with Crippen molar-refractivity contribution in [3.63, 3.8) is 0 Å². The first-order chi connectivity index (χ1) is 14.5. The summed E-state index contributed by atoms with van der Waals surface area (Å²) in [5.41, 5.74) is 1.28. The van der Waals surface area contributed by atoms with Crippen molar-refractivity contribution < 1.29 is 14.3 Å². The number of aliphatic hydroxyl groups excluding tert-OH is 1. The number of thioether (sulfide) groups is 1. The minimum Gasteiger partial charge on any atom is -0.467 e. The van der Waals surface area contributed by atoms with Gasteiger partial charge in [-0.3, -0.25) is 18.9 Å². The van der Waals surface area contributed by atoms with E-state index in [1.807, 2.05) is 13.0 Å². The number of nitrogens with zero attached hydrogens (tertiary/aromatic N) is 3. The predicted molar refractivity (Wildman–Crippen MR) is 119 cm³/mol. The molecule has 3 aromatic rings. The van der Waals surface area contributed by atoms with Gasteiger partial charge in [0.25, 0.3) is 11.5 Å². The molecule has 1 aliphatic heterocycles. The molecule has 0 bridgehead atoms. The fourth-order valence-electron chi connectivity index (χ4n) is 3.02. The largest absolute Gasteiger partial charge is 0.467 e. The third kappa shape index (κ3) is 3.89. The first kappa shape index (κ1) is 20.3. The Morgan fingerprint density at radius 3 is 2.90 bits per heavy atom. The lowest BCUT2D eigenvalue weighted by molar-refractivity contribution is -0.122. The van der Waals surface area contributed by atoms with Gasteiger partial charge in [-0.2, -0.15) is 0 Å². The molecule has 1 fully saturated rings. The SMILES string of the molecule is Cc1ccc2nc(NCCO)c(C=C3SC(=S)N(Cc4ccco4)C3=O)c(=O)n2c1. The van der Waals surface area contributed by atoms with E-state index in [0.717, 1.165) is 17.3 Å². The average Bonchev–Trinajstić information content (AvgIpc) is 3.33. The van der Waals surface area contributed by atoms with Gasteiger partial charge in [0, 0.05) is 12.7 Å². The molecule has 1 aliphatic rings. The first-order valence-corrected chi connectivity index (χ1v) is 10.4. The lowest BCUT2D eigenvalue weighted by Crippen LogP contribution is -2.27. The number of thiocarbonyl (C=S) groups is 1. The topological polar surface area (TPSA) is 100 Å². The van der Waals surface area contributed by atoms with Crippen molar-refractivity contribution in [1.82, 2.24) is 14.3 Å². The van der Waals surface area contributed by atoms with Gasteiger partial charge in [0.15, 0.2) is 0 Å². The molecule has 30 heavy (non-hydrogen) atoms. The molecule has 0 aliphatic carbocycles. The lowest BCUT2D eigenvalue weighted by atomic mass is 10.2. The molecule has 1 saturated heterocycles. The van der Waals surface area contributed by atoms with Crippen molar-refractivity contribution in [2.24, 2.45) is 0 Å². The number of furan rings is 1. The van der Waals surface area contributed by atoms with Gasteiger partial charge in [0.1, 0.15) is 21.5 Å². The molecule has 4 heterocycles. The van der Waals surface area contributed by atoms with Gasteiger partial charge in [-0.25, -0.2) is 4.98 Å². The molecule has 0 saturated carbocycles. The van der Waals surface area contributed by atoms with Crippen LogP contribution < -0.4 is 10.9 Å². The van der Waals surface area contributed by atoms with E-state index in [1.165, 1.54) is 21.6 Å². The summed E-state index contributed by atoms with van der Waals surface area (Å²) in [6.07, 6.45) is 4.73. The summed E-state index contributed by atoms with van der Waals surface area (Å²) in [4.78, 5) is 32.3. The zero-order valence-electron chi connectivity index (χ0n) is 16.0. The van der Waals surface area contributed by atoms with Crippen LogP contribution in [-0.4, -0.2) is 42.8 Å². The fourth-order valence-corrected chi connectivity index (χ4v) is 4.26. The lowest BCUT2D eigenvalue weighted by Gasteiger charge is -2.12. The summed E-state index contributed by atoms with van der Waals surface area (Å²) in [5.74, 6) is 0.609. The zero-order valence-corrected chi connectivity index (χ0v) is 17.6. The second-order valence-electron chi connectivity index (χ2n) is 6.61. The Hall–Kier alpha value is -2.95. The van der Waals surface area contributed by atoms with Crippen molar-refractivity contribution in [2.75, 3.05) is 18.5 Å². The normalized spacial score (nSPS) is 15.5. The number of aryl methyl sites for hydroxylation is 1. The molecule has 3 aromatic heterocycles. The van der Waals surface area contributed by atoms with E-state index in [4.69, 9.17) is 16.6 Å². The molecule has 1 amide bonds. The highest BCUT2D eigenvalue weighted by atomic mass is 32.2. The van der Waals surface area contributed by atoms with Gasteiger partial charge < -0.3 is 14.8 Å². The number of amides is 1. The number of hydrogen-bond acceptors (Lipinski definition) is 8. The maximum atomic E-state index is 13.2. The van der Waals surface area contributed by atoms with E-state index in [1.54, 1.807) is 24.4 Å². The molecule has 0 radical (unpaired) electrons. The number of rotatable bonds is 6. The molecular formula is C20H18N4O4S2. The summed E-state index contributed by atoms with van der Waals surface area (Å²) < 4.78 is 7.13. The van der Waals surface area contributed by atoms with Gasteiger partial charge >= 0.3 is 0 Å². The summed E-state index contributed by atoms with van der Waals surface area (Å²) in [7, 11) is 0. The number of hydrogen-bond donors (Lipinski definition) is 2. The minimum atomic E-state index is -0.319. The predicted octanol–water partition coefficient (Wildman–Crippen LogP) is 2.40. The van der Waals surface area contributed by atoms with Crippen molar-refractivity contribution in [2.45, 2.75) is 13.5 Å². The van der Waals surface area contributed by atoms with Crippen molar-refractivity contribution in [3.05, 3.63) is 68.9 Å². The maximum Gasteiger partial charge on any atom is 0.267 e. The molecule has 8 nitrogen and oxygen atoms in total. The Morgan fingerprint density at radius 2 is 2.17 bits per heavy atom. The summed E-state index contributed by atoms with van der Waals surface area (Å²) >= 11 is 6.47. The Bertz CT molecular complexity index is 1220. The average molecular weight is 443 g/mol. The van der Waals surface area contributed by atoms with Crippen molar-refractivity contribution >= 4 is 51.7 Å². The number of aliphatic hydroxyl groups is 1. The van der Waals surface area contributed by atoms with Crippen LogP contribution in [0.5, 0.6) is 0 Å². The number of anilines is 1. The molecule has 2 N–H and O–H groups in total. The maximum absolute atomic E-state index is 13.2. The van der Waals surface area contributed by atoms with E-state index >= 15 is 0 Å². The number of pyridine rings is 1. The number of aromatic nitrogens is 2. The van der Waals surface area contributed by atoms with E-state index in [-0.39, 0.29) is 36.7 Å². The van der Waals surface area contributed by atoms with Gasteiger partial charge in [0.05, 0.1) is 29.9 Å². The Balaban J connectivity index is 1.77. The molecule has 0 spiro atoms. The molecule has 10 heteroatoms. The molecule has 154 valence electrons. The van der Waals surface area contributed by atoms with E-state index in [9.17, 15) is 14.7 Å². The number of carbonyl (C=O) groups excluding carboxylic acids is 1. The first-order valence-electron chi connectivity index (χ1n) is 9.13. The highest BCUT2D eigenvalue weighted by Crippen LogP contribution is 2.34. The monoisotopic (exact) mass is 442 g/mol. The van der Waals surface area contributed by atoms with Gasteiger partial charge in [0.2, 0.25) is 0 Å². The number of fused-ring (bicyclic) bond motifs is 1. The van der Waals surface area contributed by atoms with Crippen LogP contribution in [0.1, 0.15) is 16.9 Å².